The highest BCUT2D eigenvalue weighted by molar-refractivity contribution is 5.93. The van der Waals surface area contributed by atoms with Crippen LogP contribution in [0.4, 0.5) is 5.82 Å². The Morgan fingerprint density at radius 2 is 1.88 bits per heavy atom. The number of anilines is 1. The first-order valence-corrected chi connectivity index (χ1v) is 11.0. The van der Waals surface area contributed by atoms with Crippen LogP contribution in [0.2, 0.25) is 0 Å². The number of piperidine rings is 1. The van der Waals surface area contributed by atoms with Crippen LogP contribution in [0.5, 0.6) is 0 Å². The van der Waals surface area contributed by atoms with Crippen molar-refractivity contribution in [2.75, 3.05) is 44.3 Å². The normalized spacial score (nSPS) is 17.7. The summed E-state index contributed by atoms with van der Waals surface area (Å²) in [4.78, 5) is 43.6. The van der Waals surface area contributed by atoms with Gasteiger partial charge < -0.3 is 14.5 Å². The van der Waals surface area contributed by atoms with Crippen molar-refractivity contribution < 1.29 is 9.53 Å². The van der Waals surface area contributed by atoms with E-state index in [1.165, 1.54) is 10.6 Å². The third kappa shape index (κ3) is 3.95. The Labute approximate surface area is 185 Å². The second kappa shape index (κ2) is 8.66. The molecule has 1 amide bonds. The molecule has 2 aliphatic rings. The summed E-state index contributed by atoms with van der Waals surface area (Å²) in [5, 5.41) is 0. The van der Waals surface area contributed by atoms with E-state index in [0.29, 0.717) is 32.0 Å². The predicted molar refractivity (Wildman–Crippen MR) is 119 cm³/mol. The minimum absolute atomic E-state index is 0.105. The van der Waals surface area contributed by atoms with Crippen LogP contribution in [0, 0.1) is 6.92 Å². The first-order valence-electron chi connectivity index (χ1n) is 11.0. The Balaban J connectivity index is 1.30. The number of rotatable bonds is 3. The summed E-state index contributed by atoms with van der Waals surface area (Å²) in [5.74, 6) is 1.71. The number of likely N-dealkylation sites (tertiary alicyclic amines) is 1. The van der Waals surface area contributed by atoms with E-state index in [-0.39, 0.29) is 22.9 Å². The third-order valence-electron chi connectivity index (χ3n) is 6.18. The molecular weight excluding hydrogens is 408 g/mol. The van der Waals surface area contributed by atoms with Gasteiger partial charge in [0.15, 0.2) is 0 Å². The van der Waals surface area contributed by atoms with Crippen LogP contribution in [0.15, 0.2) is 41.5 Å². The van der Waals surface area contributed by atoms with Crippen LogP contribution in [-0.4, -0.2) is 69.6 Å². The van der Waals surface area contributed by atoms with Gasteiger partial charge in [0.05, 0.1) is 13.2 Å². The maximum Gasteiger partial charge on any atom is 0.270 e. The number of pyridine rings is 1. The number of carbonyl (C=O) groups is 1. The van der Waals surface area contributed by atoms with Gasteiger partial charge in [0.2, 0.25) is 0 Å². The van der Waals surface area contributed by atoms with Crippen molar-refractivity contribution in [2.45, 2.75) is 25.7 Å². The minimum Gasteiger partial charge on any atom is -0.378 e. The molecule has 9 heteroatoms. The molecule has 0 bridgehead atoms. The Kier molecular flexibility index (Phi) is 5.57. The lowest BCUT2D eigenvalue weighted by Gasteiger charge is -2.32. The maximum absolute atomic E-state index is 13.0. The number of hydrogen-bond donors (Lipinski definition) is 0. The van der Waals surface area contributed by atoms with Crippen molar-refractivity contribution in [1.29, 1.82) is 0 Å². The van der Waals surface area contributed by atoms with Crippen molar-refractivity contribution in [1.82, 2.24) is 24.3 Å². The lowest BCUT2D eigenvalue weighted by atomic mass is 9.95. The largest absolute Gasteiger partial charge is 0.378 e. The molecule has 0 saturated carbocycles. The van der Waals surface area contributed by atoms with Gasteiger partial charge in [-0.2, -0.15) is 0 Å². The van der Waals surface area contributed by atoms with E-state index >= 15 is 0 Å². The van der Waals surface area contributed by atoms with Gasteiger partial charge in [-0.15, -0.1) is 0 Å². The Hall–Kier alpha value is -3.33. The molecule has 3 aromatic heterocycles. The van der Waals surface area contributed by atoms with Crippen molar-refractivity contribution in [3.8, 4) is 0 Å². The first-order chi connectivity index (χ1) is 15.6. The van der Waals surface area contributed by atoms with Crippen molar-refractivity contribution in [2.24, 2.45) is 0 Å². The number of amides is 1. The fraction of sp³-hybridized carbons (Fsp3) is 0.435. The van der Waals surface area contributed by atoms with Gasteiger partial charge in [0.25, 0.3) is 11.5 Å². The standard InChI is InChI=1S/C23H26N6O3/c1-16-14-20(27-10-12-32-13-11-27)26-21(25-16)17-5-8-28(9-6-17)22(30)18-15-24-19-4-2-3-7-29(19)23(18)31/h2-4,7,14-15,17H,5-6,8-13H2,1H3. The van der Waals surface area contributed by atoms with Gasteiger partial charge in [-0.1, -0.05) is 6.07 Å². The molecule has 0 atom stereocenters. The second-order valence-corrected chi connectivity index (χ2v) is 8.30. The summed E-state index contributed by atoms with van der Waals surface area (Å²) in [5.41, 5.74) is 1.25. The van der Waals surface area contributed by atoms with Crippen LogP contribution in [0.1, 0.15) is 40.6 Å². The Bertz CT molecular complexity index is 1200. The zero-order chi connectivity index (χ0) is 22.1. The number of ether oxygens (including phenoxy) is 1. The number of fused-ring (bicyclic) bond motifs is 1. The van der Waals surface area contributed by atoms with Crippen LogP contribution in [-0.2, 0) is 4.74 Å². The molecule has 0 aromatic carbocycles. The molecule has 0 aliphatic carbocycles. The van der Waals surface area contributed by atoms with E-state index in [4.69, 9.17) is 14.7 Å². The molecule has 9 nitrogen and oxygen atoms in total. The number of hydrogen-bond acceptors (Lipinski definition) is 7. The van der Waals surface area contributed by atoms with Crippen LogP contribution in [0.3, 0.4) is 0 Å². The summed E-state index contributed by atoms with van der Waals surface area (Å²) in [6.07, 6.45) is 4.55. The number of nitrogens with zero attached hydrogens (tertiary/aromatic N) is 6. The smallest absolute Gasteiger partial charge is 0.270 e. The predicted octanol–water partition coefficient (Wildman–Crippen LogP) is 1.65. The molecule has 2 saturated heterocycles. The van der Waals surface area contributed by atoms with E-state index in [0.717, 1.165) is 43.3 Å². The van der Waals surface area contributed by atoms with Gasteiger partial charge in [-0.05, 0) is 31.9 Å². The molecule has 5 rings (SSSR count). The lowest BCUT2D eigenvalue weighted by molar-refractivity contribution is 0.0708. The molecular formula is C23H26N6O3. The Morgan fingerprint density at radius 3 is 2.66 bits per heavy atom. The third-order valence-corrected chi connectivity index (χ3v) is 6.18. The van der Waals surface area contributed by atoms with Crippen molar-refractivity contribution >= 4 is 17.4 Å². The molecule has 2 fully saturated rings. The highest BCUT2D eigenvalue weighted by atomic mass is 16.5. The van der Waals surface area contributed by atoms with E-state index in [1.54, 1.807) is 23.2 Å². The fourth-order valence-corrected chi connectivity index (χ4v) is 4.40. The summed E-state index contributed by atoms with van der Waals surface area (Å²) in [7, 11) is 0. The zero-order valence-electron chi connectivity index (χ0n) is 18.1. The second-order valence-electron chi connectivity index (χ2n) is 8.30. The van der Waals surface area contributed by atoms with Crippen LogP contribution in [0.25, 0.3) is 5.65 Å². The van der Waals surface area contributed by atoms with Crippen molar-refractivity contribution in [3.05, 3.63) is 64.1 Å². The van der Waals surface area contributed by atoms with Gasteiger partial charge in [0.1, 0.15) is 22.9 Å². The topological polar surface area (TPSA) is 92.9 Å². The average molecular weight is 435 g/mol. The molecule has 166 valence electrons. The number of morpholine rings is 1. The molecule has 2 aliphatic heterocycles. The fourth-order valence-electron chi connectivity index (χ4n) is 4.40. The monoisotopic (exact) mass is 434 g/mol. The minimum atomic E-state index is -0.333. The zero-order valence-corrected chi connectivity index (χ0v) is 18.1. The van der Waals surface area contributed by atoms with Gasteiger partial charge in [-0.25, -0.2) is 15.0 Å². The van der Waals surface area contributed by atoms with E-state index in [9.17, 15) is 9.59 Å². The highest BCUT2D eigenvalue weighted by Crippen LogP contribution is 2.28. The highest BCUT2D eigenvalue weighted by Gasteiger charge is 2.28. The summed E-state index contributed by atoms with van der Waals surface area (Å²) < 4.78 is 6.86. The van der Waals surface area contributed by atoms with Crippen LogP contribution >= 0.6 is 0 Å². The average Bonchev–Trinajstić information content (AvgIpc) is 2.84. The van der Waals surface area contributed by atoms with E-state index < -0.39 is 0 Å². The molecule has 32 heavy (non-hydrogen) atoms. The van der Waals surface area contributed by atoms with Gasteiger partial charge in [0, 0.05) is 56.3 Å². The Morgan fingerprint density at radius 1 is 1.09 bits per heavy atom. The summed E-state index contributed by atoms with van der Waals surface area (Å²) in [6, 6.07) is 7.33. The summed E-state index contributed by atoms with van der Waals surface area (Å²) >= 11 is 0. The lowest BCUT2D eigenvalue weighted by Crippen LogP contribution is -2.41. The van der Waals surface area contributed by atoms with Gasteiger partial charge >= 0.3 is 0 Å². The van der Waals surface area contributed by atoms with E-state index in [2.05, 4.69) is 9.88 Å². The molecule has 0 spiro atoms. The van der Waals surface area contributed by atoms with Gasteiger partial charge in [-0.3, -0.25) is 14.0 Å². The molecule has 0 unspecified atom stereocenters. The summed E-state index contributed by atoms with van der Waals surface area (Å²) in [6.45, 7) is 6.20. The van der Waals surface area contributed by atoms with Crippen LogP contribution < -0.4 is 10.5 Å². The molecule has 5 heterocycles. The molecule has 0 N–H and O–H groups in total. The number of aryl methyl sites for hydroxylation is 1. The van der Waals surface area contributed by atoms with Crippen molar-refractivity contribution in [3.63, 3.8) is 0 Å². The number of carbonyl (C=O) groups excluding carboxylic acids is 1. The SMILES string of the molecule is Cc1cc(N2CCOCC2)nc(C2CCN(C(=O)c3cnc4ccccn4c3=O)CC2)n1. The molecule has 0 radical (unpaired) electrons. The number of aromatic nitrogens is 4. The molecule has 3 aromatic rings. The maximum atomic E-state index is 13.0. The first kappa shape index (κ1) is 20.6. The van der Waals surface area contributed by atoms with E-state index in [1.807, 2.05) is 19.1 Å². The quantitative estimate of drug-likeness (QED) is 0.619.